The van der Waals surface area contributed by atoms with Crippen LogP contribution in [0.5, 0.6) is 5.75 Å². The molecule has 0 unspecified atom stereocenters. The molecule has 4 heterocycles. The molecule has 0 atom stereocenters. The summed E-state index contributed by atoms with van der Waals surface area (Å²) in [5, 5.41) is 12.2. The van der Waals surface area contributed by atoms with Gasteiger partial charge in [-0.25, -0.2) is 4.98 Å². The molecule has 1 aromatic carbocycles. The van der Waals surface area contributed by atoms with E-state index in [-0.39, 0.29) is 11.5 Å². The third-order valence-electron chi connectivity index (χ3n) is 7.48. The van der Waals surface area contributed by atoms with Gasteiger partial charge in [0.2, 0.25) is 5.91 Å². The third kappa shape index (κ3) is 4.22. The zero-order chi connectivity index (χ0) is 23.1. The van der Waals surface area contributed by atoms with Crippen LogP contribution >= 0.6 is 0 Å². The first-order valence-corrected chi connectivity index (χ1v) is 12.5. The zero-order valence-corrected chi connectivity index (χ0v) is 19.7. The fourth-order valence-electron chi connectivity index (χ4n) is 5.06. The number of benzene rings is 1. The monoisotopic (exact) mass is 460 g/mol. The van der Waals surface area contributed by atoms with E-state index in [0.717, 1.165) is 98.7 Å². The molecule has 1 aliphatic carbocycles. The Hall–Kier alpha value is -3.13. The molecule has 2 aliphatic heterocycles. The maximum absolute atomic E-state index is 12.9. The van der Waals surface area contributed by atoms with Gasteiger partial charge in [-0.05, 0) is 76.0 Å². The van der Waals surface area contributed by atoms with Crippen LogP contribution in [0.3, 0.4) is 0 Å². The second-order valence-electron chi connectivity index (χ2n) is 10.1. The van der Waals surface area contributed by atoms with Gasteiger partial charge in [-0.3, -0.25) is 9.89 Å². The first-order valence-electron chi connectivity index (χ1n) is 12.5. The fraction of sp³-hybridized carbons (Fsp3) is 0.500. The molecule has 1 saturated carbocycles. The molecule has 1 amide bonds. The van der Waals surface area contributed by atoms with Crippen molar-refractivity contribution < 1.29 is 9.53 Å². The molecule has 8 nitrogen and oxygen atoms in total. The lowest BCUT2D eigenvalue weighted by Gasteiger charge is -2.37. The maximum atomic E-state index is 12.9. The summed E-state index contributed by atoms with van der Waals surface area (Å²) in [6.45, 7) is 7.14. The number of carbonyl (C=O) groups excluding carboxylic acids is 1. The van der Waals surface area contributed by atoms with E-state index in [1.807, 2.05) is 29.3 Å². The molecule has 0 radical (unpaired) electrons. The number of hydrogen-bond donors (Lipinski definition) is 2. The van der Waals surface area contributed by atoms with Crippen LogP contribution in [0.15, 0.2) is 36.5 Å². The summed E-state index contributed by atoms with van der Waals surface area (Å²) in [6, 6.07) is 10.2. The van der Waals surface area contributed by atoms with Gasteiger partial charge in [0.1, 0.15) is 22.9 Å². The number of anilines is 1. The van der Waals surface area contributed by atoms with Gasteiger partial charge in [0.05, 0.1) is 5.52 Å². The van der Waals surface area contributed by atoms with Crippen molar-refractivity contribution in [2.45, 2.75) is 38.2 Å². The fourth-order valence-corrected chi connectivity index (χ4v) is 5.06. The van der Waals surface area contributed by atoms with Crippen molar-refractivity contribution in [3.05, 3.63) is 36.5 Å². The maximum Gasteiger partial charge on any atom is 0.225 e. The molecule has 2 N–H and O–H groups in total. The van der Waals surface area contributed by atoms with Crippen molar-refractivity contribution >= 4 is 22.6 Å². The molecular weight excluding hydrogens is 428 g/mol. The number of H-pyrrole nitrogens is 1. The summed E-state index contributed by atoms with van der Waals surface area (Å²) in [5.74, 6) is 2.32. The van der Waals surface area contributed by atoms with Gasteiger partial charge >= 0.3 is 0 Å². The zero-order valence-electron chi connectivity index (χ0n) is 19.7. The Morgan fingerprint density at radius 3 is 2.65 bits per heavy atom. The van der Waals surface area contributed by atoms with Crippen molar-refractivity contribution in [3.63, 3.8) is 0 Å². The molecule has 2 saturated heterocycles. The van der Waals surface area contributed by atoms with E-state index in [0.29, 0.717) is 5.91 Å². The number of hydrogen-bond acceptors (Lipinski definition) is 6. The average molecular weight is 461 g/mol. The molecule has 3 aromatic rings. The van der Waals surface area contributed by atoms with Crippen LogP contribution in [0.25, 0.3) is 22.2 Å². The van der Waals surface area contributed by atoms with Crippen molar-refractivity contribution in [1.82, 2.24) is 25.4 Å². The van der Waals surface area contributed by atoms with E-state index in [1.165, 1.54) is 0 Å². The Kier molecular flexibility index (Phi) is 5.40. The number of piperidine rings is 1. The standard InChI is InChI=1S/C26H32N6O2/c1-26(7-8-26)34-20-2-3-22-21(17-20)24(30-29-22)19-6-11-28-23(16-19)31-12-14-32(15-13-31)25(33)18-4-9-27-10-5-18/h2-3,6,11,16-18,27H,4-5,7-10,12-15H2,1H3,(H,29,30). The lowest BCUT2D eigenvalue weighted by molar-refractivity contribution is -0.136. The van der Waals surface area contributed by atoms with Crippen LogP contribution in [0.4, 0.5) is 5.82 Å². The first kappa shape index (κ1) is 21.4. The van der Waals surface area contributed by atoms with Crippen molar-refractivity contribution in [2.24, 2.45) is 5.92 Å². The number of pyridine rings is 1. The largest absolute Gasteiger partial charge is 0.488 e. The van der Waals surface area contributed by atoms with Gasteiger partial charge in [-0.1, -0.05) is 0 Å². The molecule has 6 rings (SSSR count). The van der Waals surface area contributed by atoms with E-state index in [2.05, 4.69) is 44.5 Å². The van der Waals surface area contributed by atoms with E-state index in [4.69, 9.17) is 4.74 Å². The Balaban J connectivity index is 1.17. The van der Waals surface area contributed by atoms with Crippen LogP contribution in [-0.4, -0.2) is 70.9 Å². The molecule has 0 bridgehead atoms. The number of aromatic nitrogens is 3. The lowest BCUT2D eigenvalue weighted by Crippen LogP contribution is -2.51. The second-order valence-corrected chi connectivity index (χ2v) is 10.1. The summed E-state index contributed by atoms with van der Waals surface area (Å²) in [4.78, 5) is 21.8. The minimum absolute atomic E-state index is 0.0151. The topological polar surface area (TPSA) is 86.4 Å². The number of nitrogens with zero attached hydrogens (tertiary/aromatic N) is 4. The summed E-state index contributed by atoms with van der Waals surface area (Å²) in [5.41, 5.74) is 2.91. The number of aromatic amines is 1. The van der Waals surface area contributed by atoms with Crippen LogP contribution in [0.2, 0.25) is 0 Å². The summed E-state index contributed by atoms with van der Waals surface area (Å²) in [7, 11) is 0. The molecule has 34 heavy (non-hydrogen) atoms. The number of piperazine rings is 1. The number of carbonyl (C=O) groups is 1. The minimum Gasteiger partial charge on any atom is -0.488 e. The van der Waals surface area contributed by atoms with Crippen molar-refractivity contribution in [3.8, 4) is 17.0 Å². The van der Waals surface area contributed by atoms with E-state index < -0.39 is 0 Å². The highest BCUT2D eigenvalue weighted by atomic mass is 16.5. The number of fused-ring (bicyclic) bond motifs is 1. The molecular formula is C26H32N6O2. The normalized spacial score (nSPS) is 20.5. The number of rotatable bonds is 5. The molecule has 2 aromatic heterocycles. The van der Waals surface area contributed by atoms with Crippen LogP contribution < -0.4 is 15.0 Å². The quantitative estimate of drug-likeness (QED) is 0.608. The lowest BCUT2D eigenvalue weighted by atomic mass is 9.96. The first-order chi connectivity index (χ1) is 16.6. The van der Waals surface area contributed by atoms with Crippen LogP contribution in [0.1, 0.15) is 32.6 Å². The highest BCUT2D eigenvalue weighted by Gasteiger charge is 2.40. The van der Waals surface area contributed by atoms with Crippen LogP contribution in [-0.2, 0) is 4.79 Å². The predicted molar refractivity (Wildman–Crippen MR) is 132 cm³/mol. The van der Waals surface area contributed by atoms with Gasteiger partial charge in [-0.15, -0.1) is 0 Å². The smallest absolute Gasteiger partial charge is 0.225 e. The van der Waals surface area contributed by atoms with Gasteiger partial charge in [-0.2, -0.15) is 5.10 Å². The average Bonchev–Trinajstić information content (AvgIpc) is 3.46. The molecule has 0 spiro atoms. The van der Waals surface area contributed by atoms with Gasteiger partial charge in [0, 0.05) is 49.2 Å². The Labute approximate surface area is 199 Å². The number of ether oxygens (including phenoxy) is 1. The van der Waals surface area contributed by atoms with Crippen molar-refractivity contribution in [1.29, 1.82) is 0 Å². The number of amides is 1. The van der Waals surface area contributed by atoms with Crippen LogP contribution in [0, 0.1) is 5.92 Å². The minimum atomic E-state index is -0.0151. The highest BCUT2D eigenvalue weighted by molar-refractivity contribution is 5.94. The Bertz CT molecular complexity index is 1190. The molecule has 8 heteroatoms. The number of nitrogens with one attached hydrogen (secondary N) is 2. The highest BCUT2D eigenvalue weighted by Crippen LogP contribution is 2.40. The predicted octanol–water partition coefficient (Wildman–Crippen LogP) is 3.20. The van der Waals surface area contributed by atoms with E-state index >= 15 is 0 Å². The van der Waals surface area contributed by atoms with Gasteiger partial charge in [0.25, 0.3) is 0 Å². The van der Waals surface area contributed by atoms with Gasteiger partial charge in [0.15, 0.2) is 0 Å². The SMILES string of the molecule is CC1(Oc2ccc3[nH]nc(-c4ccnc(N5CCN(C(=O)C6CCNCC6)CC5)c4)c3c2)CC1. The summed E-state index contributed by atoms with van der Waals surface area (Å²) < 4.78 is 6.18. The molecule has 3 aliphatic rings. The Morgan fingerprint density at radius 1 is 1.09 bits per heavy atom. The molecule has 3 fully saturated rings. The second kappa shape index (κ2) is 8.58. The van der Waals surface area contributed by atoms with Crippen molar-refractivity contribution in [2.75, 3.05) is 44.2 Å². The Morgan fingerprint density at radius 2 is 1.88 bits per heavy atom. The van der Waals surface area contributed by atoms with E-state index in [1.54, 1.807) is 0 Å². The third-order valence-corrected chi connectivity index (χ3v) is 7.48. The van der Waals surface area contributed by atoms with Gasteiger partial charge < -0.3 is 19.9 Å². The molecule has 178 valence electrons. The van der Waals surface area contributed by atoms with E-state index in [9.17, 15) is 4.79 Å². The summed E-state index contributed by atoms with van der Waals surface area (Å²) >= 11 is 0. The summed E-state index contributed by atoms with van der Waals surface area (Å²) in [6.07, 6.45) is 5.96.